The topological polar surface area (TPSA) is 235 Å². The third-order valence-corrected chi connectivity index (χ3v) is 13.1. The molecular weight excluding hydrogens is 823 g/mol. The third-order valence-electron chi connectivity index (χ3n) is 13.1. The van der Waals surface area contributed by atoms with Gasteiger partial charge in [0.2, 0.25) is 17.9 Å². The summed E-state index contributed by atoms with van der Waals surface area (Å²) in [5.41, 5.74) is -1.71. The molecule has 0 aromatic heterocycles. The van der Waals surface area contributed by atoms with Crippen molar-refractivity contribution in [1.82, 2.24) is 15.7 Å². The Morgan fingerprint density at radius 1 is 0.984 bits per heavy atom. The molecule has 0 spiro atoms. The molecule has 18 nitrogen and oxygen atoms in total. The first kappa shape index (κ1) is 45.1. The summed E-state index contributed by atoms with van der Waals surface area (Å²) in [4.78, 5) is 86.9. The van der Waals surface area contributed by atoms with Crippen LogP contribution in [0.4, 0.5) is 0 Å². The number of nitrogens with zero attached hydrogens (tertiary/aromatic N) is 1. The molecule has 18 heteroatoms. The Bertz CT molecular complexity index is 1990. The molecule has 2 bridgehead atoms. The number of hydrogen-bond donors (Lipinski definition) is 4. The van der Waals surface area contributed by atoms with Crippen LogP contribution in [0.3, 0.4) is 0 Å². The Morgan fingerprint density at radius 2 is 1.65 bits per heavy atom. The molecule has 7 fully saturated rings. The molecule has 10 atom stereocenters. The lowest BCUT2D eigenvalue weighted by atomic mass is 9.62. The van der Waals surface area contributed by atoms with Crippen molar-refractivity contribution in [2.75, 3.05) is 13.2 Å². The van der Waals surface area contributed by atoms with Gasteiger partial charge >= 0.3 is 23.9 Å². The van der Waals surface area contributed by atoms with Crippen molar-refractivity contribution in [2.24, 2.45) is 22.7 Å². The molecule has 0 radical (unpaired) electrons. The molecule has 10 unspecified atom stereocenters. The summed E-state index contributed by atoms with van der Waals surface area (Å²) in [7, 11) is 0. The van der Waals surface area contributed by atoms with Gasteiger partial charge in [-0.25, -0.2) is 9.59 Å². The zero-order valence-corrected chi connectivity index (χ0v) is 36.5. The number of ether oxygens (including phenoxy) is 6. The fourth-order valence-corrected chi connectivity index (χ4v) is 9.70. The largest absolute Gasteiger partial charge is 0.462 e. The highest BCUT2D eigenvalue weighted by Gasteiger charge is 2.78. The average molecular weight is 882 g/mol. The quantitative estimate of drug-likeness (QED) is 0.105. The smallest absolute Gasteiger partial charge is 0.348 e. The van der Waals surface area contributed by atoms with E-state index in [2.05, 4.69) is 10.6 Å². The van der Waals surface area contributed by atoms with Crippen molar-refractivity contribution in [1.29, 1.82) is 0 Å². The zero-order chi connectivity index (χ0) is 45.2. The predicted octanol–water partition coefficient (Wildman–Crippen LogP) is 1.76. The van der Waals surface area contributed by atoms with E-state index in [4.69, 9.17) is 33.3 Å². The number of amides is 2. The Hall–Kier alpha value is -4.46. The van der Waals surface area contributed by atoms with Crippen molar-refractivity contribution in [2.45, 2.75) is 159 Å². The van der Waals surface area contributed by atoms with E-state index in [1.807, 2.05) is 0 Å². The van der Waals surface area contributed by atoms with Crippen LogP contribution in [-0.2, 0) is 68.6 Å². The molecule has 1 aromatic rings. The Balaban J connectivity index is 1.02. The van der Waals surface area contributed by atoms with Crippen molar-refractivity contribution < 1.29 is 72.2 Å². The van der Waals surface area contributed by atoms with Crippen LogP contribution in [0.15, 0.2) is 30.3 Å². The Labute approximate surface area is 365 Å². The molecule has 63 heavy (non-hydrogen) atoms. The first-order chi connectivity index (χ1) is 29.7. The number of benzene rings is 1. The maximum atomic E-state index is 15.0. The second kappa shape index (κ2) is 16.8. The fourth-order valence-electron chi connectivity index (χ4n) is 9.70. The van der Waals surface area contributed by atoms with E-state index in [1.54, 1.807) is 65.0 Å². The number of aliphatic hydroxyl groups is 2. The van der Waals surface area contributed by atoms with Crippen LogP contribution in [0.5, 0.6) is 0 Å². The molecular formula is C45H59N3O15. The first-order valence-electron chi connectivity index (χ1n) is 22.0. The second-order valence-electron chi connectivity index (χ2n) is 19.9. The maximum Gasteiger partial charge on any atom is 0.348 e. The standard InChI is InChI=1S/C45H59N3O15/c1-23(50)32(38(53)46-28(21-49)16-18-31(52)60-42(2,3)4)47-41(56)44-19-29-33-34(62-45(61-33,26-12-13-26)27-14-15-27)36(44)63-48(35(44)39(54)58-29)20-25-9-7-24(8-10-25)11-17-30(51)59-37-40(55)57-22-43(37,5)6/h7-11,17,23,26-29,32-37,49-50H,12-16,18-22H2,1-6H3,(H,46,53)(H,47,56). The summed E-state index contributed by atoms with van der Waals surface area (Å²) in [5.74, 6) is -4.63. The van der Waals surface area contributed by atoms with Crippen molar-refractivity contribution >= 4 is 41.8 Å². The number of cyclic esters (lactones) is 1. The zero-order valence-electron chi connectivity index (χ0n) is 36.5. The van der Waals surface area contributed by atoms with Gasteiger partial charge in [-0.15, -0.1) is 0 Å². The maximum absolute atomic E-state index is 15.0. The monoisotopic (exact) mass is 881 g/mol. The molecule has 4 aliphatic heterocycles. The van der Waals surface area contributed by atoms with Gasteiger partial charge in [0.15, 0.2) is 11.8 Å². The number of nitrogens with one attached hydrogen (secondary N) is 2. The van der Waals surface area contributed by atoms with Gasteiger partial charge < -0.3 is 49.3 Å². The lowest BCUT2D eigenvalue weighted by Gasteiger charge is -2.49. The SMILES string of the molecule is CC(O)C(NC(=O)C12CC3OC(=O)C1N(Cc1ccc(C=CC(=O)OC4C(=O)OCC4(C)C)cc1)OC2C1OC(C2CC2)(C2CC2)OC31)C(=O)NC(CO)CCC(=O)OC(C)(C)C. The molecule has 4 saturated heterocycles. The molecule has 1 aromatic carbocycles. The van der Waals surface area contributed by atoms with Gasteiger partial charge in [-0.2, -0.15) is 5.06 Å². The van der Waals surface area contributed by atoms with Crippen LogP contribution in [-0.4, -0.2) is 130 Å². The van der Waals surface area contributed by atoms with Gasteiger partial charge in [0.1, 0.15) is 48.1 Å². The number of hydroxylamine groups is 2. The van der Waals surface area contributed by atoms with E-state index in [0.29, 0.717) is 11.1 Å². The number of carbonyl (C=O) groups is 6. The molecule has 2 amide bonds. The van der Waals surface area contributed by atoms with Gasteiger partial charge in [-0.3, -0.25) is 24.0 Å². The summed E-state index contributed by atoms with van der Waals surface area (Å²) >= 11 is 0. The predicted molar refractivity (Wildman–Crippen MR) is 217 cm³/mol. The minimum atomic E-state index is -1.66. The number of aliphatic hydroxyl groups excluding tert-OH is 2. The van der Waals surface area contributed by atoms with E-state index in [9.17, 15) is 34.2 Å². The summed E-state index contributed by atoms with van der Waals surface area (Å²) < 4.78 is 35.6. The molecule has 8 rings (SSSR count). The van der Waals surface area contributed by atoms with Crippen LogP contribution in [0.25, 0.3) is 6.08 Å². The minimum Gasteiger partial charge on any atom is -0.462 e. The third kappa shape index (κ3) is 8.86. The molecule has 7 aliphatic rings. The van der Waals surface area contributed by atoms with Gasteiger partial charge in [-0.05, 0) is 77.0 Å². The number of hydrogen-bond acceptors (Lipinski definition) is 16. The van der Waals surface area contributed by atoms with Gasteiger partial charge in [0.25, 0.3) is 0 Å². The highest BCUT2D eigenvalue weighted by molar-refractivity contribution is 5.96. The molecule has 4 N–H and O–H groups in total. The second-order valence-corrected chi connectivity index (χ2v) is 19.9. The number of esters is 4. The van der Waals surface area contributed by atoms with Crippen LogP contribution in [0.2, 0.25) is 0 Å². The van der Waals surface area contributed by atoms with E-state index in [1.165, 1.54) is 18.1 Å². The lowest BCUT2D eigenvalue weighted by Crippen LogP contribution is -2.71. The van der Waals surface area contributed by atoms with Crippen LogP contribution in [0.1, 0.15) is 97.6 Å². The molecule has 344 valence electrons. The van der Waals surface area contributed by atoms with Crippen molar-refractivity contribution in [3.8, 4) is 0 Å². The molecule has 4 heterocycles. The lowest BCUT2D eigenvalue weighted by molar-refractivity contribution is -0.235. The molecule has 3 saturated carbocycles. The summed E-state index contributed by atoms with van der Waals surface area (Å²) in [6.45, 7) is 9.72. The first-order valence-corrected chi connectivity index (χ1v) is 22.0. The van der Waals surface area contributed by atoms with Gasteiger partial charge in [0, 0.05) is 36.2 Å². The normalized spacial score (nSPS) is 31.9. The highest BCUT2D eigenvalue weighted by atomic mass is 16.8. The van der Waals surface area contributed by atoms with Gasteiger partial charge in [-0.1, -0.05) is 38.1 Å². The van der Waals surface area contributed by atoms with E-state index >= 15 is 4.79 Å². The Kier molecular flexibility index (Phi) is 12.1. The van der Waals surface area contributed by atoms with E-state index in [0.717, 1.165) is 25.7 Å². The van der Waals surface area contributed by atoms with Crippen molar-refractivity contribution in [3.63, 3.8) is 0 Å². The summed E-state index contributed by atoms with van der Waals surface area (Å²) in [6, 6.07) is 3.32. The van der Waals surface area contributed by atoms with Crippen LogP contribution in [0, 0.1) is 22.7 Å². The number of rotatable bonds is 16. The van der Waals surface area contributed by atoms with E-state index in [-0.39, 0.29) is 44.2 Å². The minimum absolute atomic E-state index is 0.00869. The number of carbonyl (C=O) groups excluding carboxylic acids is 6. The van der Waals surface area contributed by atoms with E-state index < -0.39 is 119 Å². The van der Waals surface area contributed by atoms with Gasteiger partial charge in [0.05, 0.1) is 25.3 Å². The number of fused-ring (bicyclic) bond motifs is 4. The van der Waals surface area contributed by atoms with Crippen LogP contribution < -0.4 is 10.6 Å². The van der Waals surface area contributed by atoms with Crippen molar-refractivity contribution in [3.05, 3.63) is 41.5 Å². The fraction of sp³-hybridized carbons (Fsp3) is 0.689. The average Bonchev–Trinajstić information content (AvgIpc) is 4.16. The van der Waals surface area contributed by atoms with Crippen LogP contribution >= 0.6 is 0 Å². The summed E-state index contributed by atoms with van der Waals surface area (Å²) in [5, 5.41) is 27.8. The summed E-state index contributed by atoms with van der Waals surface area (Å²) in [6.07, 6.45) is 0.496. The highest BCUT2D eigenvalue weighted by Crippen LogP contribution is 2.64. The Morgan fingerprint density at radius 3 is 2.24 bits per heavy atom. The molecule has 3 aliphatic carbocycles.